The molecule has 2 heterocycles. The van der Waals surface area contributed by atoms with Crippen molar-refractivity contribution in [1.29, 1.82) is 0 Å². The van der Waals surface area contributed by atoms with Crippen molar-refractivity contribution in [2.75, 3.05) is 5.84 Å². The van der Waals surface area contributed by atoms with Crippen molar-refractivity contribution >= 4 is 33.3 Å². The van der Waals surface area contributed by atoms with Crippen molar-refractivity contribution in [2.45, 2.75) is 43.5 Å². The van der Waals surface area contributed by atoms with E-state index in [-0.39, 0.29) is 5.56 Å². The van der Waals surface area contributed by atoms with Gasteiger partial charge in [0, 0.05) is 10.6 Å². The maximum Gasteiger partial charge on any atom is 0.281 e. The lowest BCUT2D eigenvalue weighted by Crippen LogP contribution is -2.30. The van der Waals surface area contributed by atoms with Gasteiger partial charge in [-0.2, -0.15) is 0 Å². The standard InChI is InChI=1S/C18H19N3OS2/c1-11-5-4-6-12(9-11)10-23-18-20-16-15(17(22)21(18)19)13-7-2-3-8-14(13)24-16/h4-6,9H,2-3,7-8,10,19H2,1H3. The zero-order valence-corrected chi connectivity index (χ0v) is 15.2. The van der Waals surface area contributed by atoms with Crippen molar-refractivity contribution < 1.29 is 0 Å². The fourth-order valence-electron chi connectivity index (χ4n) is 3.25. The van der Waals surface area contributed by atoms with Crippen LogP contribution in [-0.2, 0) is 18.6 Å². The fraction of sp³-hybridized carbons (Fsp3) is 0.333. The third-order valence-electron chi connectivity index (χ3n) is 4.44. The number of hydrogen-bond acceptors (Lipinski definition) is 5. The Hall–Kier alpha value is -1.79. The summed E-state index contributed by atoms with van der Waals surface area (Å²) in [4.78, 5) is 19.6. The number of nitrogens with two attached hydrogens (primary N) is 1. The van der Waals surface area contributed by atoms with Crippen LogP contribution < -0.4 is 11.4 Å². The molecule has 0 saturated heterocycles. The Labute approximate surface area is 148 Å². The number of nitrogens with zero attached hydrogens (tertiary/aromatic N) is 2. The van der Waals surface area contributed by atoms with E-state index in [1.807, 2.05) is 6.07 Å². The zero-order valence-electron chi connectivity index (χ0n) is 13.5. The Kier molecular flexibility index (Phi) is 4.10. The molecule has 6 heteroatoms. The molecule has 3 aromatic rings. The Morgan fingerprint density at radius 3 is 3.00 bits per heavy atom. The molecule has 0 spiro atoms. The van der Waals surface area contributed by atoms with Crippen LogP contribution in [0.5, 0.6) is 0 Å². The number of thioether (sulfide) groups is 1. The number of thiophene rings is 1. The molecule has 4 nitrogen and oxygen atoms in total. The number of aromatic nitrogens is 2. The summed E-state index contributed by atoms with van der Waals surface area (Å²) in [7, 11) is 0. The minimum atomic E-state index is -0.105. The summed E-state index contributed by atoms with van der Waals surface area (Å²) in [5, 5.41) is 1.34. The van der Waals surface area contributed by atoms with Crippen LogP contribution in [0.4, 0.5) is 0 Å². The lowest BCUT2D eigenvalue weighted by molar-refractivity contribution is 0.698. The second kappa shape index (κ2) is 6.26. The number of benzene rings is 1. The van der Waals surface area contributed by atoms with E-state index in [0.717, 1.165) is 35.2 Å². The molecule has 0 atom stereocenters. The van der Waals surface area contributed by atoms with Gasteiger partial charge in [-0.05, 0) is 43.7 Å². The first-order valence-electron chi connectivity index (χ1n) is 8.14. The quantitative estimate of drug-likeness (QED) is 0.441. The van der Waals surface area contributed by atoms with Gasteiger partial charge in [0.1, 0.15) is 4.83 Å². The molecule has 1 aliphatic rings. The molecular weight excluding hydrogens is 338 g/mol. The number of aryl methyl sites for hydroxylation is 3. The van der Waals surface area contributed by atoms with E-state index in [0.29, 0.717) is 5.16 Å². The molecular formula is C18H19N3OS2. The second-order valence-electron chi connectivity index (χ2n) is 6.24. The Morgan fingerprint density at radius 2 is 2.17 bits per heavy atom. The molecule has 0 saturated carbocycles. The SMILES string of the molecule is Cc1cccc(CSc2nc3sc4c(c3c(=O)n2N)CCCC4)c1. The maximum atomic E-state index is 12.7. The van der Waals surface area contributed by atoms with Gasteiger partial charge in [0.2, 0.25) is 0 Å². The van der Waals surface area contributed by atoms with E-state index < -0.39 is 0 Å². The highest BCUT2D eigenvalue weighted by molar-refractivity contribution is 7.98. The first kappa shape index (κ1) is 15.7. The molecule has 0 bridgehead atoms. The van der Waals surface area contributed by atoms with Gasteiger partial charge in [0.15, 0.2) is 5.16 Å². The van der Waals surface area contributed by atoms with Crippen LogP contribution >= 0.6 is 23.1 Å². The highest BCUT2D eigenvalue weighted by Gasteiger charge is 2.21. The van der Waals surface area contributed by atoms with Crippen molar-refractivity contribution in [3.05, 3.63) is 56.2 Å². The van der Waals surface area contributed by atoms with Gasteiger partial charge in [-0.1, -0.05) is 41.6 Å². The lowest BCUT2D eigenvalue weighted by Gasteiger charge is -2.10. The monoisotopic (exact) mass is 357 g/mol. The number of rotatable bonds is 3. The Morgan fingerprint density at radius 1 is 1.33 bits per heavy atom. The summed E-state index contributed by atoms with van der Waals surface area (Å²) in [6, 6.07) is 8.36. The van der Waals surface area contributed by atoms with Crippen molar-refractivity contribution in [3.8, 4) is 0 Å². The highest BCUT2D eigenvalue weighted by Crippen LogP contribution is 2.34. The van der Waals surface area contributed by atoms with E-state index in [2.05, 4.69) is 25.1 Å². The predicted octanol–water partition coefficient (Wildman–Crippen LogP) is 3.65. The highest BCUT2D eigenvalue weighted by atomic mass is 32.2. The molecule has 0 amide bonds. The van der Waals surface area contributed by atoms with Crippen LogP contribution in [0.3, 0.4) is 0 Å². The van der Waals surface area contributed by atoms with Crippen molar-refractivity contribution in [3.63, 3.8) is 0 Å². The Bertz CT molecular complexity index is 974. The van der Waals surface area contributed by atoms with Gasteiger partial charge in [-0.3, -0.25) is 4.79 Å². The molecule has 4 rings (SSSR count). The predicted molar refractivity (Wildman–Crippen MR) is 101 cm³/mol. The van der Waals surface area contributed by atoms with E-state index in [1.165, 1.54) is 44.4 Å². The van der Waals surface area contributed by atoms with Gasteiger partial charge in [-0.25, -0.2) is 9.66 Å². The summed E-state index contributed by atoms with van der Waals surface area (Å²) >= 11 is 3.18. The van der Waals surface area contributed by atoms with Gasteiger partial charge in [-0.15, -0.1) is 11.3 Å². The molecule has 24 heavy (non-hydrogen) atoms. The molecule has 1 aromatic carbocycles. The van der Waals surface area contributed by atoms with Crippen LogP contribution in [0.2, 0.25) is 0 Å². The van der Waals surface area contributed by atoms with Gasteiger partial charge < -0.3 is 5.84 Å². The van der Waals surface area contributed by atoms with Crippen molar-refractivity contribution in [2.24, 2.45) is 0 Å². The van der Waals surface area contributed by atoms with Crippen LogP contribution in [0.15, 0.2) is 34.2 Å². The van der Waals surface area contributed by atoms with E-state index in [1.54, 1.807) is 11.3 Å². The van der Waals surface area contributed by atoms with Gasteiger partial charge >= 0.3 is 0 Å². The third-order valence-corrected chi connectivity index (χ3v) is 6.65. The van der Waals surface area contributed by atoms with E-state index in [4.69, 9.17) is 10.8 Å². The van der Waals surface area contributed by atoms with Gasteiger partial charge in [0.05, 0.1) is 5.39 Å². The van der Waals surface area contributed by atoms with Crippen LogP contribution in [0.1, 0.15) is 34.4 Å². The molecule has 0 fully saturated rings. The largest absolute Gasteiger partial charge is 0.334 e. The summed E-state index contributed by atoms with van der Waals surface area (Å²) in [6.07, 6.45) is 4.38. The first-order valence-corrected chi connectivity index (χ1v) is 9.94. The Balaban J connectivity index is 1.71. The normalized spacial score (nSPS) is 14.0. The van der Waals surface area contributed by atoms with Gasteiger partial charge in [0.25, 0.3) is 5.56 Å². The summed E-state index contributed by atoms with van der Waals surface area (Å²) < 4.78 is 1.23. The van der Waals surface area contributed by atoms with Crippen LogP contribution in [0, 0.1) is 6.92 Å². The minimum Gasteiger partial charge on any atom is -0.334 e. The smallest absolute Gasteiger partial charge is 0.281 e. The summed E-state index contributed by atoms with van der Waals surface area (Å²) in [5.41, 5.74) is 3.52. The minimum absolute atomic E-state index is 0.105. The molecule has 1 aliphatic carbocycles. The summed E-state index contributed by atoms with van der Waals surface area (Å²) in [5.74, 6) is 6.81. The first-order chi connectivity index (χ1) is 11.6. The molecule has 2 N–H and O–H groups in total. The molecule has 2 aromatic heterocycles. The van der Waals surface area contributed by atoms with Crippen LogP contribution in [0.25, 0.3) is 10.2 Å². The summed E-state index contributed by atoms with van der Waals surface area (Å²) in [6.45, 7) is 2.08. The third kappa shape index (κ3) is 2.74. The van der Waals surface area contributed by atoms with Crippen LogP contribution in [-0.4, -0.2) is 9.66 Å². The molecule has 0 unspecified atom stereocenters. The maximum absolute atomic E-state index is 12.7. The molecule has 124 valence electrons. The van der Waals surface area contributed by atoms with E-state index in [9.17, 15) is 4.79 Å². The number of hydrogen-bond donors (Lipinski definition) is 1. The average molecular weight is 358 g/mol. The van der Waals surface area contributed by atoms with Crippen molar-refractivity contribution in [1.82, 2.24) is 9.66 Å². The fourth-order valence-corrected chi connectivity index (χ4v) is 5.41. The van der Waals surface area contributed by atoms with E-state index >= 15 is 0 Å². The number of fused-ring (bicyclic) bond motifs is 3. The molecule has 0 aliphatic heterocycles. The second-order valence-corrected chi connectivity index (χ2v) is 8.26. The average Bonchev–Trinajstić information content (AvgIpc) is 2.95. The topological polar surface area (TPSA) is 60.9 Å². The lowest BCUT2D eigenvalue weighted by atomic mass is 9.97. The molecule has 0 radical (unpaired) electrons. The zero-order chi connectivity index (χ0) is 16.7. The number of nitrogen functional groups attached to an aromatic ring is 1.